The van der Waals surface area contributed by atoms with Gasteiger partial charge < -0.3 is 10.1 Å². The van der Waals surface area contributed by atoms with Crippen molar-refractivity contribution in [1.29, 1.82) is 0 Å². The number of hydrogen-bond acceptors (Lipinski definition) is 4. The molecule has 1 unspecified atom stereocenters. The van der Waals surface area contributed by atoms with Crippen LogP contribution in [-0.2, 0) is 11.3 Å². The van der Waals surface area contributed by atoms with Crippen molar-refractivity contribution in [3.63, 3.8) is 0 Å². The number of hydrogen-bond donors (Lipinski definition) is 1. The average molecular weight is 268 g/mol. The number of thiophene rings is 1. The van der Waals surface area contributed by atoms with Gasteiger partial charge in [-0.05, 0) is 32.0 Å². The summed E-state index contributed by atoms with van der Waals surface area (Å²) in [7, 11) is 0. The van der Waals surface area contributed by atoms with Gasteiger partial charge in [0.2, 0.25) is 0 Å². The molecule has 2 rings (SSSR count). The zero-order valence-electron chi connectivity index (χ0n) is 11.7. The third kappa shape index (κ3) is 3.79. The van der Waals surface area contributed by atoms with Gasteiger partial charge in [-0.15, -0.1) is 11.3 Å². The van der Waals surface area contributed by atoms with Crippen molar-refractivity contribution in [3.05, 3.63) is 21.4 Å². The van der Waals surface area contributed by atoms with E-state index >= 15 is 0 Å². The Balaban J connectivity index is 1.71. The Kier molecular flexibility index (Phi) is 5.18. The van der Waals surface area contributed by atoms with E-state index in [2.05, 4.69) is 37.1 Å². The smallest absolute Gasteiger partial charge is 0.0826 e. The highest BCUT2D eigenvalue weighted by Crippen LogP contribution is 2.20. The summed E-state index contributed by atoms with van der Waals surface area (Å²) in [6.45, 7) is 12.6. The third-order valence-corrected chi connectivity index (χ3v) is 4.71. The van der Waals surface area contributed by atoms with Gasteiger partial charge in [0.05, 0.1) is 12.7 Å². The van der Waals surface area contributed by atoms with Gasteiger partial charge in [0, 0.05) is 35.9 Å². The third-order valence-electron chi connectivity index (χ3n) is 3.56. The molecule has 2 heterocycles. The van der Waals surface area contributed by atoms with Crippen LogP contribution >= 0.6 is 11.3 Å². The quantitative estimate of drug-likeness (QED) is 0.886. The highest BCUT2D eigenvalue weighted by molar-refractivity contribution is 7.12. The first-order valence-corrected chi connectivity index (χ1v) is 7.61. The van der Waals surface area contributed by atoms with E-state index in [1.165, 1.54) is 15.3 Å². The normalized spacial score (nSPS) is 21.4. The van der Waals surface area contributed by atoms with Gasteiger partial charge in [-0.25, -0.2) is 0 Å². The number of morpholine rings is 1. The van der Waals surface area contributed by atoms with Crippen molar-refractivity contribution in [2.75, 3.05) is 32.8 Å². The van der Waals surface area contributed by atoms with Gasteiger partial charge >= 0.3 is 0 Å². The largest absolute Gasteiger partial charge is 0.374 e. The van der Waals surface area contributed by atoms with E-state index in [4.69, 9.17) is 4.74 Å². The molecular formula is C14H24N2OS. The number of aryl methyl sites for hydroxylation is 2. The van der Waals surface area contributed by atoms with E-state index in [1.807, 2.05) is 11.3 Å². The summed E-state index contributed by atoms with van der Waals surface area (Å²) >= 11 is 1.89. The van der Waals surface area contributed by atoms with Crippen LogP contribution in [0.25, 0.3) is 0 Å². The zero-order valence-corrected chi connectivity index (χ0v) is 12.5. The summed E-state index contributed by atoms with van der Waals surface area (Å²) in [5, 5.41) is 3.52. The predicted molar refractivity (Wildman–Crippen MR) is 77.4 cm³/mol. The maximum Gasteiger partial charge on any atom is 0.0826 e. The molecule has 18 heavy (non-hydrogen) atoms. The summed E-state index contributed by atoms with van der Waals surface area (Å²) in [6.07, 6.45) is 0.348. The van der Waals surface area contributed by atoms with Gasteiger partial charge in [-0.2, -0.15) is 0 Å². The molecule has 1 aliphatic heterocycles. The molecule has 0 bridgehead atoms. The van der Waals surface area contributed by atoms with Crippen LogP contribution in [-0.4, -0.2) is 43.8 Å². The summed E-state index contributed by atoms with van der Waals surface area (Å²) < 4.78 is 5.78. The number of ether oxygens (including phenoxy) is 1. The number of nitrogens with zero attached hydrogens (tertiary/aromatic N) is 1. The Morgan fingerprint density at radius 3 is 3.00 bits per heavy atom. The molecule has 0 spiro atoms. The molecule has 0 aliphatic carbocycles. The Morgan fingerprint density at radius 2 is 2.33 bits per heavy atom. The minimum atomic E-state index is 0.348. The van der Waals surface area contributed by atoms with Gasteiger partial charge in [-0.3, -0.25) is 4.90 Å². The minimum Gasteiger partial charge on any atom is -0.374 e. The molecule has 4 heteroatoms. The van der Waals surface area contributed by atoms with E-state index in [-0.39, 0.29) is 0 Å². The van der Waals surface area contributed by atoms with Crippen molar-refractivity contribution in [3.8, 4) is 0 Å². The van der Waals surface area contributed by atoms with Crippen LogP contribution in [0.3, 0.4) is 0 Å². The van der Waals surface area contributed by atoms with E-state index in [0.717, 1.165) is 39.3 Å². The van der Waals surface area contributed by atoms with Crippen LogP contribution in [0, 0.1) is 13.8 Å². The summed E-state index contributed by atoms with van der Waals surface area (Å²) in [4.78, 5) is 5.31. The molecule has 1 aliphatic rings. The predicted octanol–water partition coefficient (Wildman–Crippen LogP) is 2.18. The van der Waals surface area contributed by atoms with E-state index < -0.39 is 0 Å². The Bertz CT molecular complexity index is 358. The molecule has 1 aromatic heterocycles. The maximum absolute atomic E-state index is 5.78. The number of nitrogens with one attached hydrogen (secondary N) is 1. The summed E-state index contributed by atoms with van der Waals surface area (Å²) in [6, 6.07) is 2.28. The second-order valence-corrected chi connectivity index (χ2v) is 6.31. The molecule has 1 saturated heterocycles. The van der Waals surface area contributed by atoms with E-state index in [9.17, 15) is 0 Å². The topological polar surface area (TPSA) is 24.5 Å². The fourth-order valence-electron chi connectivity index (χ4n) is 2.28. The van der Waals surface area contributed by atoms with Gasteiger partial charge in [0.1, 0.15) is 0 Å². The molecule has 0 amide bonds. The number of likely N-dealkylation sites (N-methyl/N-ethyl adjacent to an activating group) is 1. The van der Waals surface area contributed by atoms with E-state index in [1.54, 1.807) is 0 Å². The summed E-state index contributed by atoms with van der Waals surface area (Å²) in [5.74, 6) is 0. The lowest BCUT2D eigenvalue weighted by atomic mass is 10.2. The first kappa shape index (κ1) is 14.0. The molecule has 0 aromatic carbocycles. The van der Waals surface area contributed by atoms with Gasteiger partial charge in [0.15, 0.2) is 0 Å². The SMILES string of the molecule is CCN1CCOC(CNCc2cc(C)c(C)s2)C1. The van der Waals surface area contributed by atoms with Crippen molar-refractivity contribution in [1.82, 2.24) is 10.2 Å². The Labute approximate surface area is 114 Å². The Hall–Kier alpha value is -0.420. The van der Waals surface area contributed by atoms with Gasteiger partial charge in [-0.1, -0.05) is 6.92 Å². The van der Waals surface area contributed by atoms with Crippen molar-refractivity contribution in [2.45, 2.75) is 33.4 Å². The first-order chi connectivity index (χ1) is 8.69. The van der Waals surface area contributed by atoms with Crippen LogP contribution in [0.5, 0.6) is 0 Å². The van der Waals surface area contributed by atoms with Crippen LogP contribution < -0.4 is 5.32 Å². The molecule has 1 aromatic rings. The molecule has 1 N–H and O–H groups in total. The molecule has 0 saturated carbocycles. The maximum atomic E-state index is 5.78. The van der Waals surface area contributed by atoms with Gasteiger partial charge in [0.25, 0.3) is 0 Å². The standard InChI is InChI=1S/C14H24N2OS/c1-4-16-5-6-17-13(10-16)8-15-9-14-7-11(2)12(3)18-14/h7,13,15H,4-6,8-10H2,1-3H3. The Morgan fingerprint density at radius 1 is 1.50 bits per heavy atom. The molecule has 102 valence electrons. The van der Waals surface area contributed by atoms with Crippen molar-refractivity contribution >= 4 is 11.3 Å². The minimum absolute atomic E-state index is 0.348. The van der Waals surface area contributed by atoms with E-state index in [0.29, 0.717) is 6.10 Å². The summed E-state index contributed by atoms with van der Waals surface area (Å²) in [5.41, 5.74) is 1.41. The molecule has 3 nitrogen and oxygen atoms in total. The van der Waals surface area contributed by atoms with Crippen LogP contribution in [0.1, 0.15) is 22.2 Å². The first-order valence-electron chi connectivity index (χ1n) is 6.79. The highest BCUT2D eigenvalue weighted by atomic mass is 32.1. The molecular weight excluding hydrogens is 244 g/mol. The second-order valence-electron chi connectivity index (χ2n) is 4.97. The molecule has 1 fully saturated rings. The lowest BCUT2D eigenvalue weighted by Crippen LogP contribution is -2.46. The zero-order chi connectivity index (χ0) is 13.0. The van der Waals surface area contributed by atoms with Crippen molar-refractivity contribution < 1.29 is 4.74 Å². The van der Waals surface area contributed by atoms with Crippen LogP contribution in [0.15, 0.2) is 6.07 Å². The average Bonchev–Trinajstić information content (AvgIpc) is 2.69. The molecule has 0 radical (unpaired) electrons. The lowest BCUT2D eigenvalue weighted by Gasteiger charge is -2.32. The van der Waals surface area contributed by atoms with Crippen LogP contribution in [0.4, 0.5) is 0 Å². The number of rotatable bonds is 5. The van der Waals surface area contributed by atoms with Crippen molar-refractivity contribution in [2.24, 2.45) is 0 Å². The highest BCUT2D eigenvalue weighted by Gasteiger charge is 2.18. The van der Waals surface area contributed by atoms with Crippen LogP contribution in [0.2, 0.25) is 0 Å². The second kappa shape index (κ2) is 6.66. The fourth-order valence-corrected chi connectivity index (χ4v) is 3.31. The fraction of sp³-hybridized carbons (Fsp3) is 0.714. The monoisotopic (exact) mass is 268 g/mol. The lowest BCUT2D eigenvalue weighted by molar-refractivity contribution is -0.0253. The molecule has 1 atom stereocenters.